The highest BCUT2D eigenvalue weighted by atomic mass is 16.5. The van der Waals surface area contributed by atoms with Crippen LogP contribution in [0, 0.1) is 5.92 Å². The molecule has 0 bridgehead atoms. The van der Waals surface area contributed by atoms with Crippen LogP contribution in [0.4, 0.5) is 4.79 Å². The maximum Gasteiger partial charge on any atom is 0.407 e. The van der Waals surface area contributed by atoms with Crippen molar-refractivity contribution < 1.29 is 23.9 Å². The Morgan fingerprint density at radius 1 is 1.04 bits per heavy atom. The molecule has 0 radical (unpaired) electrons. The SMILES string of the molecule is COC(=O)CC[C@H](C)CC(=O)CC[C@@H](C)NC(=O)OCc1ccccc1. The van der Waals surface area contributed by atoms with Gasteiger partial charge in [-0.2, -0.15) is 0 Å². The van der Waals surface area contributed by atoms with Gasteiger partial charge in [-0.3, -0.25) is 9.59 Å². The Morgan fingerprint density at radius 3 is 2.38 bits per heavy atom. The zero-order chi connectivity index (χ0) is 19.4. The number of carbonyl (C=O) groups is 3. The minimum Gasteiger partial charge on any atom is -0.469 e. The lowest BCUT2D eigenvalue weighted by molar-refractivity contribution is -0.141. The highest BCUT2D eigenvalue weighted by Gasteiger charge is 2.14. The summed E-state index contributed by atoms with van der Waals surface area (Å²) in [5.74, 6) is 0.0190. The molecule has 6 heteroatoms. The number of Topliss-reactive ketones (excluding diaryl/α,β-unsaturated/α-hetero) is 1. The molecular weight excluding hydrogens is 334 g/mol. The van der Waals surface area contributed by atoms with Crippen LogP contribution in [-0.4, -0.2) is 31.0 Å². The van der Waals surface area contributed by atoms with E-state index >= 15 is 0 Å². The van der Waals surface area contributed by atoms with Crippen LogP contribution in [0.3, 0.4) is 0 Å². The van der Waals surface area contributed by atoms with Crippen molar-refractivity contribution in [1.82, 2.24) is 5.32 Å². The van der Waals surface area contributed by atoms with Crippen LogP contribution in [0.15, 0.2) is 30.3 Å². The van der Waals surface area contributed by atoms with Gasteiger partial charge in [0.1, 0.15) is 12.4 Å². The van der Waals surface area contributed by atoms with Crippen LogP contribution >= 0.6 is 0 Å². The maximum atomic E-state index is 12.0. The van der Waals surface area contributed by atoms with Crippen molar-refractivity contribution in [3.8, 4) is 0 Å². The molecule has 1 aromatic carbocycles. The first-order chi connectivity index (χ1) is 12.4. The lowest BCUT2D eigenvalue weighted by atomic mass is 9.96. The van der Waals surface area contributed by atoms with Crippen molar-refractivity contribution in [1.29, 1.82) is 0 Å². The van der Waals surface area contributed by atoms with E-state index in [2.05, 4.69) is 10.1 Å². The van der Waals surface area contributed by atoms with E-state index < -0.39 is 6.09 Å². The fourth-order valence-electron chi connectivity index (χ4n) is 2.47. The number of rotatable bonds is 11. The number of hydrogen-bond acceptors (Lipinski definition) is 5. The average Bonchev–Trinajstić information content (AvgIpc) is 2.63. The molecule has 144 valence electrons. The zero-order valence-electron chi connectivity index (χ0n) is 15.8. The van der Waals surface area contributed by atoms with Gasteiger partial charge in [0.25, 0.3) is 0 Å². The van der Waals surface area contributed by atoms with Crippen molar-refractivity contribution in [2.45, 2.75) is 58.6 Å². The maximum absolute atomic E-state index is 12.0. The number of benzene rings is 1. The van der Waals surface area contributed by atoms with E-state index in [1.54, 1.807) is 0 Å². The molecule has 0 heterocycles. The second-order valence-corrected chi connectivity index (χ2v) is 6.61. The molecule has 0 unspecified atom stereocenters. The van der Waals surface area contributed by atoms with Crippen LogP contribution in [0.2, 0.25) is 0 Å². The largest absolute Gasteiger partial charge is 0.469 e. The fraction of sp³-hybridized carbons (Fsp3) is 0.550. The number of hydrogen-bond donors (Lipinski definition) is 1. The van der Waals surface area contributed by atoms with Gasteiger partial charge < -0.3 is 14.8 Å². The van der Waals surface area contributed by atoms with Crippen molar-refractivity contribution in [3.05, 3.63) is 35.9 Å². The molecule has 0 aliphatic carbocycles. The Labute approximate surface area is 155 Å². The second-order valence-electron chi connectivity index (χ2n) is 6.61. The first-order valence-electron chi connectivity index (χ1n) is 8.96. The number of alkyl carbamates (subject to hydrolysis) is 1. The molecule has 0 saturated heterocycles. The first-order valence-corrected chi connectivity index (χ1v) is 8.96. The van der Waals surface area contributed by atoms with Crippen molar-refractivity contribution in [2.75, 3.05) is 7.11 Å². The molecule has 1 amide bonds. The van der Waals surface area contributed by atoms with E-state index in [9.17, 15) is 14.4 Å². The molecule has 6 nitrogen and oxygen atoms in total. The summed E-state index contributed by atoms with van der Waals surface area (Å²) in [7, 11) is 1.36. The topological polar surface area (TPSA) is 81.7 Å². The molecule has 0 fully saturated rings. The van der Waals surface area contributed by atoms with Gasteiger partial charge in [-0.25, -0.2) is 4.79 Å². The average molecular weight is 363 g/mol. The summed E-state index contributed by atoms with van der Waals surface area (Å²) in [5, 5.41) is 2.73. The Morgan fingerprint density at radius 2 is 1.73 bits per heavy atom. The minimum absolute atomic E-state index is 0.133. The van der Waals surface area contributed by atoms with Crippen molar-refractivity contribution >= 4 is 17.8 Å². The molecule has 1 N–H and O–H groups in total. The third-order valence-corrected chi connectivity index (χ3v) is 4.08. The number of nitrogens with one attached hydrogen (secondary N) is 1. The second kappa shape index (κ2) is 12.1. The highest BCUT2D eigenvalue weighted by Crippen LogP contribution is 2.13. The van der Waals surface area contributed by atoms with Gasteiger partial charge >= 0.3 is 12.1 Å². The molecule has 0 aliphatic rings. The molecule has 2 atom stereocenters. The lowest BCUT2D eigenvalue weighted by Gasteiger charge is -2.14. The van der Waals surface area contributed by atoms with Crippen LogP contribution in [0.25, 0.3) is 0 Å². The van der Waals surface area contributed by atoms with E-state index in [0.29, 0.717) is 32.1 Å². The molecule has 0 aliphatic heterocycles. The number of ether oxygens (including phenoxy) is 2. The van der Waals surface area contributed by atoms with E-state index in [-0.39, 0.29) is 30.3 Å². The summed E-state index contributed by atoms with van der Waals surface area (Å²) in [5.41, 5.74) is 0.923. The summed E-state index contributed by atoms with van der Waals surface area (Å²) in [4.78, 5) is 34.9. The van der Waals surface area contributed by atoms with E-state index in [1.807, 2.05) is 44.2 Å². The Kier molecular flexibility index (Phi) is 10.1. The smallest absolute Gasteiger partial charge is 0.407 e. The van der Waals surface area contributed by atoms with Crippen molar-refractivity contribution in [3.63, 3.8) is 0 Å². The first kappa shape index (κ1) is 21.7. The summed E-state index contributed by atoms with van der Waals surface area (Å²) in [6, 6.07) is 9.30. The predicted molar refractivity (Wildman–Crippen MR) is 98.5 cm³/mol. The van der Waals surface area contributed by atoms with Gasteiger partial charge in [-0.05, 0) is 31.2 Å². The van der Waals surface area contributed by atoms with Crippen molar-refractivity contribution in [2.24, 2.45) is 5.92 Å². The zero-order valence-corrected chi connectivity index (χ0v) is 15.8. The van der Waals surface area contributed by atoms with Gasteiger partial charge in [-0.1, -0.05) is 37.3 Å². The number of ketones is 1. The van der Waals surface area contributed by atoms with Gasteiger partial charge in [0.15, 0.2) is 0 Å². The summed E-state index contributed by atoms with van der Waals surface area (Å²) in [6.07, 6.45) is 1.86. The van der Waals surface area contributed by atoms with E-state index in [0.717, 1.165) is 5.56 Å². The lowest BCUT2D eigenvalue weighted by Crippen LogP contribution is -2.33. The number of carbonyl (C=O) groups excluding carboxylic acids is 3. The molecule has 1 aromatic rings. The van der Waals surface area contributed by atoms with Gasteiger partial charge in [0.05, 0.1) is 7.11 Å². The molecule has 1 rings (SSSR count). The van der Waals surface area contributed by atoms with Gasteiger partial charge in [0.2, 0.25) is 0 Å². The number of esters is 1. The van der Waals surface area contributed by atoms with Crippen LogP contribution in [0.5, 0.6) is 0 Å². The standard InChI is InChI=1S/C20H29NO5/c1-15(9-12-19(23)25-3)13-18(22)11-10-16(2)21-20(24)26-14-17-7-5-4-6-8-17/h4-8,15-16H,9-14H2,1-3H3,(H,21,24)/t15-,16+/m0/s1. The van der Waals surface area contributed by atoms with Gasteiger partial charge in [0, 0.05) is 25.3 Å². The Hall–Kier alpha value is -2.37. The van der Waals surface area contributed by atoms with Crippen LogP contribution < -0.4 is 5.32 Å². The minimum atomic E-state index is -0.486. The monoisotopic (exact) mass is 363 g/mol. The molecule has 0 aromatic heterocycles. The third kappa shape index (κ3) is 9.81. The highest BCUT2D eigenvalue weighted by molar-refractivity contribution is 5.78. The van der Waals surface area contributed by atoms with E-state index in [4.69, 9.17) is 4.74 Å². The predicted octanol–water partition coefficient (Wildman–Crippen LogP) is 3.63. The fourth-order valence-corrected chi connectivity index (χ4v) is 2.47. The van der Waals surface area contributed by atoms with Gasteiger partial charge in [-0.15, -0.1) is 0 Å². The van der Waals surface area contributed by atoms with E-state index in [1.165, 1.54) is 7.11 Å². The molecule has 26 heavy (non-hydrogen) atoms. The molecular formula is C20H29NO5. The number of amides is 1. The number of methoxy groups -OCH3 is 1. The molecule has 0 saturated carbocycles. The Bertz CT molecular complexity index is 573. The molecule has 0 spiro atoms. The van der Waals surface area contributed by atoms with Crippen LogP contribution in [-0.2, 0) is 25.7 Å². The summed E-state index contributed by atoms with van der Waals surface area (Å²) in [6.45, 7) is 4.01. The normalized spacial score (nSPS) is 12.7. The van der Waals surface area contributed by atoms with Crippen LogP contribution in [0.1, 0.15) is 51.5 Å². The summed E-state index contributed by atoms with van der Waals surface area (Å²) < 4.78 is 9.75. The quantitative estimate of drug-likeness (QED) is 0.607. The summed E-state index contributed by atoms with van der Waals surface area (Å²) >= 11 is 0. The third-order valence-electron chi connectivity index (χ3n) is 4.08. The Balaban J connectivity index is 2.17.